The molecule has 0 bridgehead atoms. The van der Waals surface area contributed by atoms with E-state index in [1.54, 1.807) is 31.7 Å². The Kier molecular flexibility index (Phi) is 10.4. The van der Waals surface area contributed by atoms with Crippen molar-refractivity contribution in [3.8, 4) is 11.5 Å². The van der Waals surface area contributed by atoms with E-state index in [-0.39, 0.29) is 17.4 Å². The number of nitrogens with zero attached hydrogens (tertiary/aromatic N) is 2. The Balaban J connectivity index is 1.02. The smallest absolute Gasteiger partial charge is 0.408 e. The first-order valence-electron chi connectivity index (χ1n) is 20.1. The number of anilines is 1. The molecule has 9 rings (SSSR count). The van der Waals surface area contributed by atoms with Gasteiger partial charge in [-0.15, -0.1) is 11.8 Å². The van der Waals surface area contributed by atoms with Gasteiger partial charge in [-0.3, -0.25) is 14.5 Å². The second-order valence-corrected chi connectivity index (χ2v) is 17.2. The summed E-state index contributed by atoms with van der Waals surface area (Å²) in [5.74, 6) is -1.35. The Morgan fingerprint density at radius 1 is 0.803 bits per heavy atom. The van der Waals surface area contributed by atoms with Crippen molar-refractivity contribution in [3.63, 3.8) is 0 Å². The van der Waals surface area contributed by atoms with Crippen molar-refractivity contribution >= 4 is 41.3 Å². The molecule has 2 fully saturated rings. The number of ether oxygens (including phenoxy) is 4. The first-order chi connectivity index (χ1) is 29.5. The lowest BCUT2D eigenvalue weighted by Crippen LogP contribution is -2.70. The Labute approximate surface area is 357 Å². The van der Waals surface area contributed by atoms with Crippen LogP contribution < -0.4 is 19.7 Å². The lowest BCUT2D eigenvalue weighted by molar-refractivity contribution is -0.153. The van der Waals surface area contributed by atoms with E-state index in [2.05, 4.69) is 5.32 Å². The van der Waals surface area contributed by atoms with Crippen molar-refractivity contribution < 1.29 is 38.1 Å². The summed E-state index contributed by atoms with van der Waals surface area (Å²) in [5.41, 5.74) is 3.98. The fourth-order valence-corrected chi connectivity index (χ4v) is 9.31. The zero-order valence-corrected chi connectivity index (χ0v) is 34.6. The number of benzene rings is 5. The van der Waals surface area contributed by atoms with E-state index >= 15 is 0 Å². The predicted molar refractivity (Wildman–Crippen MR) is 231 cm³/mol. The molecule has 12 heteroatoms. The summed E-state index contributed by atoms with van der Waals surface area (Å²) in [6, 6.07) is 42.7. The van der Waals surface area contributed by atoms with Gasteiger partial charge in [0.2, 0.25) is 0 Å². The number of carbonyl (C=O) groups is 4. The van der Waals surface area contributed by atoms with Gasteiger partial charge in [0, 0.05) is 40.8 Å². The van der Waals surface area contributed by atoms with Gasteiger partial charge < -0.3 is 29.2 Å². The Morgan fingerprint density at radius 3 is 1.97 bits per heavy atom. The van der Waals surface area contributed by atoms with Gasteiger partial charge in [-0.2, -0.15) is 0 Å². The lowest BCUT2D eigenvalue weighted by atomic mass is 9.97. The van der Waals surface area contributed by atoms with Crippen LogP contribution >= 0.6 is 11.8 Å². The third kappa shape index (κ3) is 7.63. The van der Waals surface area contributed by atoms with E-state index in [1.807, 2.05) is 140 Å². The average Bonchev–Trinajstić information content (AvgIpc) is 3.85. The van der Waals surface area contributed by atoms with Gasteiger partial charge in [-0.1, -0.05) is 121 Å². The SMILES string of the molecule is CC(C)(C)OC(=O)N[C@@H]1C(=O)N2C(C(=O)OC(c3ccccc3)c3ccccc3)=C(C=C3CCN(c4ccc5c(c4)OC(c4ccccc4)(c4ccccc4)O5)C3=O)CS[C@H]12. The topological polar surface area (TPSA) is 124 Å². The maximum absolute atomic E-state index is 14.6. The standard InChI is InChI=1S/C49H43N3O8S/c1-48(2,3)60-47(56)50-40-44(54)52-41(46(55)57-42(31-16-8-4-9-17-31)32-18-10-5-11-19-32)34(30-61-45(40)52)28-33-26-27-51(43(33)53)37-24-25-38-39(29-37)59-49(58-38,35-20-12-6-13-21-35)36-22-14-7-15-23-36/h4-25,28-29,40,42,45H,26-27,30H2,1-3H3,(H,50,56)/t40-,45-/m1/s1. The highest BCUT2D eigenvalue weighted by Crippen LogP contribution is 2.49. The largest absolute Gasteiger partial charge is 0.448 e. The molecule has 2 atom stereocenters. The van der Waals surface area contributed by atoms with Crippen molar-refractivity contribution in [1.29, 1.82) is 0 Å². The highest BCUT2D eigenvalue weighted by atomic mass is 32.2. The first kappa shape index (κ1) is 39.7. The zero-order valence-electron chi connectivity index (χ0n) is 33.8. The van der Waals surface area contributed by atoms with Crippen LogP contribution in [0.4, 0.5) is 10.5 Å². The number of amides is 3. The van der Waals surface area contributed by atoms with E-state index in [0.717, 1.165) is 22.3 Å². The minimum Gasteiger partial charge on any atom is -0.448 e. The van der Waals surface area contributed by atoms with Gasteiger partial charge in [-0.25, -0.2) is 9.59 Å². The second-order valence-electron chi connectivity index (χ2n) is 16.1. The summed E-state index contributed by atoms with van der Waals surface area (Å²) in [4.78, 5) is 58.6. The normalized spacial score (nSPS) is 19.8. The summed E-state index contributed by atoms with van der Waals surface area (Å²) in [7, 11) is 0. The van der Waals surface area contributed by atoms with E-state index in [1.165, 1.54) is 16.7 Å². The molecule has 0 spiro atoms. The molecular formula is C49H43N3O8S. The maximum Gasteiger partial charge on any atom is 0.408 e. The van der Waals surface area contributed by atoms with Gasteiger partial charge in [0.15, 0.2) is 17.6 Å². The molecule has 0 aromatic heterocycles. The summed E-state index contributed by atoms with van der Waals surface area (Å²) in [6.07, 6.45) is 0.589. The van der Waals surface area contributed by atoms with Crippen LogP contribution in [0.1, 0.15) is 55.5 Å². The van der Waals surface area contributed by atoms with Crippen molar-refractivity contribution in [1.82, 2.24) is 10.2 Å². The Hall–Kier alpha value is -6.79. The molecule has 5 aromatic carbocycles. The number of allylic oxidation sites excluding steroid dienone is 1. The molecule has 0 radical (unpaired) electrons. The molecule has 4 heterocycles. The summed E-state index contributed by atoms with van der Waals surface area (Å²) in [5, 5.41) is 2.09. The van der Waals surface area contributed by atoms with Crippen LogP contribution in [0, 0.1) is 0 Å². The number of carbonyl (C=O) groups excluding carboxylic acids is 4. The molecule has 11 nitrogen and oxygen atoms in total. The molecular weight excluding hydrogens is 791 g/mol. The van der Waals surface area contributed by atoms with Crippen LogP contribution in [0.25, 0.3) is 0 Å². The zero-order chi connectivity index (χ0) is 42.3. The second kappa shape index (κ2) is 16.0. The predicted octanol–water partition coefficient (Wildman–Crippen LogP) is 8.42. The van der Waals surface area contributed by atoms with Gasteiger partial charge in [-0.05, 0) is 62.1 Å². The van der Waals surface area contributed by atoms with Crippen LogP contribution in [0.5, 0.6) is 11.5 Å². The number of alkyl carbamates (subject to hydrolysis) is 1. The minimum atomic E-state index is -1.21. The molecule has 3 amide bonds. The van der Waals surface area contributed by atoms with Crippen LogP contribution in [-0.4, -0.2) is 58.1 Å². The number of thioether (sulfide) groups is 1. The van der Waals surface area contributed by atoms with Crippen LogP contribution in [0.2, 0.25) is 0 Å². The molecule has 0 aliphatic carbocycles. The van der Waals surface area contributed by atoms with Crippen molar-refractivity contribution in [2.75, 3.05) is 17.2 Å². The van der Waals surface area contributed by atoms with E-state index in [4.69, 9.17) is 18.9 Å². The van der Waals surface area contributed by atoms with Gasteiger partial charge in [0.05, 0.1) is 0 Å². The molecule has 61 heavy (non-hydrogen) atoms. The summed E-state index contributed by atoms with van der Waals surface area (Å²) in [6.45, 7) is 5.60. The van der Waals surface area contributed by atoms with E-state index < -0.39 is 46.9 Å². The molecule has 1 N–H and O–H groups in total. The number of hydrogen-bond donors (Lipinski definition) is 1. The summed E-state index contributed by atoms with van der Waals surface area (Å²) < 4.78 is 25.0. The van der Waals surface area contributed by atoms with E-state index in [9.17, 15) is 19.2 Å². The number of hydrogen-bond acceptors (Lipinski definition) is 9. The van der Waals surface area contributed by atoms with Gasteiger partial charge in [0.25, 0.3) is 11.8 Å². The monoisotopic (exact) mass is 833 g/mol. The number of esters is 1. The number of fused-ring (bicyclic) bond motifs is 2. The highest BCUT2D eigenvalue weighted by Gasteiger charge is 2.55. The fourth-order valence-electron chi connectivity index (χ4n) is 8.01. The number of β-lactam (4-membered cyclic amide) rings is 1. The number of rotatable bonds is 9. The lowest BCUT2D eigenvalue weighted by Gasteiger charge is -2.49. The minimum absolute atomic E-state index is 0.0350. The molecule has 5 aromatic rings. The Morgan fingerprint density at radius 2 is 1.38 bits per heavy atom. The quantitative estimate of drug-likeness (QED) is 0.0886. The average molecular weight is 834 g/mol. The van der Waals surface area contributed by atoms with Crippen LogP contribution in [-0.2, 0) is 29.6 Å². The van der Waals surface area contributed by atoms with Gasteiger partial charge in [0.1, 0.15) is 22.7 Å². The van der Waals surface area contributed by atoms with Crippen molar-refractivity contribution in [2.24, 2.45) is 0 Å². The van der Waals surface area contributed by atoms with Crippen molar-refractivity contribution in [2.45, 2.75) is 56.1 Å². The fraction of sp³-hybridized carbons (Fsp3) is 0.224. The molecule has 0 saturated carbocycles. The van der Waals surface area contributed by atoms with E-state index in [0.29, 0.717) is 41.3 Å². The Bertz CT molecular complexity index is 2480. The molecule has 0 unspecified atom stereocenters. The third-order valence-corrected chi connectivity index (χ3v) is 12.1. The molecule has 2 saturated heterocycles. The maximum atomic E-state index is 14.6. The van der Waals surface area contributed by atoms with Gasteiger partial charge >= 0.3 is 17.8 Å². The molecule has 4 aliphatic rings. The van der Waals surface area contributed by atoms with Crippen molar-refractivity contribution in [3.05, 3.63) is 185 Å². The van der Waals surface area contributed by atoms with Crippen LogP contribution in [0.3, 0.4) is 0 Å². The first-order valence-corrected chi connectivity index (χ1v) is 21.2. The highest BCUT2D eigenvalue weighted by molar-refractivity contribution is 8.00. The molecule has 308 valence electrons. The third-order valence-electron chi connectivity index (χ3n) is 10.8. The van der Waals surface area contributed by atoms with Crippen LogP contribution in [0.15, 0.2) is 162 Å². The number of nitrogens with one attached hydrogen (secondary N) is 1. The molecule has 4 aliphatic heterocycles. The summed E-state index contributed by atoms with van der Waals surface area (Å²) >= 11 is 1.39.